The highest BCUT2D eigenvalue weighted by molar-refractivity contribution is 14.0. The van der Waals surface area contributed by atoms with E-state index >= 15 is 0 Å². The second-order valence-electron chi connectivity index (χ2n) is 6.35. The van der Waals surface area contributed by atoms with Crippen LogP contribution in [0.25, 0.3) is 0 Å². The molecule has 2 aromatic rings. The van der Waals surface area contributed by atoms with Crippen LogP contribution in [0.3, 0.4) is 0 Å². The molecule has 0 spiro atoms. The van der Waals surface area contributed by atoms with Crippen molar-refractivity contribution in [1.29, 1.82) is 0 Å². The van der Waals surface area contributed by atoms with E-state index in [-0.39, 0.29) is 24.0 Å². The van der Waals surface area contributed by atoms with Crippen molar-refractivity contribution >= 4 is 29.9 Å². The van der Waals surface area contributed by atoms with Crippen LogP contribution in [0.5, 0.6) is 5.75 Å². The maximum atomic E-state index is 6.00. The van der Waals surface area contributed by atoms with Crippen LogP contribution >= 0.6 is 24.0 Å². The Labute approximate surface area is 186 Å². The number of nitrogens with two attached hydrogens (primary N) is 1. The number of ether oxygens (including phenoxy) is 1. The van der Waals surface area contributed by atoms with Gasteiger partial charge in [0.05, 0.1) is 6.54 Å². The highest BCUT2D eigenvalue weighted by Gasteiger charge is 2.04. The Kier molecular flexibility index (Phi) is 12.3. The SMILES string of the molecule is CCN(CC)CCOc1ccccc1CN=C(N)NCCc1ccccc1.I. The molecule has 5 nitrogen and oxygen atoms in total. The van der Waals surface area contributed by atoms with Crippen molar-refractivity contribution in [1.82, 2.24) is 10.2 Å². The maximum Gasteiger partial charge on any atom is 0.188 e. The Bertz CT molecular complexity index is 690. The number of para-hydroxylation sites is 1. The number of halogens is 1. The number of hydrogen-bond donors (Lipinski definition) is 2. The molecule has 0 radical (unpaired) electrons. The Balaban J connectivity index is 0.00000392. The van der Waals surface area contributed by atoms with Gasteiger partial charge in [-0.25, -0.2) is 4.99 Å². The van der Waals surface area contributed by atoms with Gasteiger partial charge in [-0.15, -0.1) is 24.0 Å². The van der Waals surface area contributed by atoms with Crippen LogP contribution in [0.15, 0.2) is 59.6 Å². The Hall–Kier alpha value is -1.80. The van der Waals surface area contributed by atoms with E-state index in [2.05, 4.69) is 41.2 Å². The lowest BCUT2D eigenvalue weighted by molar-refractivity contribution is 0.221. The zero-order valence-electron chi connectivity index (χ0n) is 16.9. The standard InChI is InChI=1S/C22H32N4O.HI/c1-3-26(4-2)16-17-27-21-13-9-8-12-20(21)18-25-22(23)24-15-14-19-10-6-5-7-11-19;/h5-13H,3-4,14-18H2,1-2H3,(H3,23,24,25);1H. The van der Waals surface area contributed by atoms with Crippen molar-refractivity contribution in [3.8, 4) is 5.75 Å². The molecular weight excluding hydrogens is 463 g/mol. The molecule has 0 aliphatic rings. The Morgan fingerprint density at radius 1 is 1.04 bits per heavy atom. The quantitative estimate of drug-likeness (QED) is 0.283. The lowest BCUT2D eigenvalue weighted by Crippen LogP contribution is -2.33. The van der Waals surface area contributed by atoms with Crippen LogP contribution in [0, 0.1) is 0 Å². The van der Waals surface area contributed by atoms with Gasteiger partial charge in [-0.1, -0.05) is 62.4 Å². The number of rotatable bonds is 11. The molecule has 0 aromatic heterocycles. The average Bonchev–Trinajstić information content (AvgIpc) is 2.71. The zero-order chi connectivity index (χ0) is 19.3. The van der Waals surface area contributed by atoms with Gasteiger partial charge in [0.15, 0.2) is 5.96 Å². The lowest BCUT2D eigenvalue weighted by Gasteiger charge is -2.18. The van der Waals surface area contributed by atoms with Crippen molar-refractivity contribution in [3.63, 3.8) is 0 Å². The normalized spacial score (nSPS) is 11.2. The minimum Gasteiger partial charge on any atom is -0.492 e. The van der Waals surface area contributed by atoms with Gasteiger partial charge in [0.2, 0.25) is 0 Å². The first-order valence-electron chi connectivity index (χ1n) is 9.73. The number of nitrogens with zero attached hydrogens (tertiary/aromatic N) is 2. The molecule has 0 amide bonds. The topological polar surface area (TPSA) is 62.9 Å². The smallest absolute Gasteiger partial charge is 0.188 e. The van der Waals surface area contributed by atoms with Crippen LogP contribution < -0.4 is 15.8 Å². The van der Waals surface area contributed by atoms with Crippen LogP contribution in [-0.4, -0.2) is 43.6 Å². The Morgan fingerprint density at radius 3 is 2.43 bits per heavy atom. The third-order valence-corrected chi connectivity index (χ3v) is 4.51. The molecule has 0 unspecified atom stereocenters. The van der Waals surface area contributed by atoms with Crippen LogP contribution in [0.4, 0.5) is 0 Å². The summed E-state index contributed by atoms with van der Waals surface area (Å²) < 4.78 is 5.97. The summed E-state index contributed by atoms with van der Waals surface area (Å²) in [4.78, 5) is 6.80. The monoisotopic (exact) mass is 496 g/mol. The Morgan fingerprint density at radius 2 is 1.71 bits per heavy atom. The molecule has 0 aliphatic carbocycles. The van der Waals surface area contributed by atoms with Gasteiger partial charge in [-0.05, 0) is 31.1 Å². The van der Waals surface area contributed by atoms with Gasteiger partial charge in [0.1, 0.15) is 12.4 Å². The summed E-state index contributed by atoms with van der Waals surface area (Å²) in [5.41, 5.74) is 8.33. The molecule has 0 atom stereocenters. The third kappa shape index (κ3) is 8.93. The molecule has 0 aliphatic heterocycles. The van der Waals surface area contributed by atoms with E-state index in [9.17, 15) is 0 Å². The minimum atomic E-state index is 0. The fourth-order valence-corrected chi connectivity index (χ4v) is 2.81. The van der Waals surface area contributed by atoms with E-state index in [4.69, 9.17) is 10.5 Å². The first kappa shape index (κ1) is 24.2. The molecule has 0 heterocycles. The molecule has 0 bridgehead atoms. The van der Waals surface area contributed by atoms with Gasteiger partial charge in [0.25, 0.3) is 0 Å². The van der Waals surface area contributed by atoms with Crippen molar-refractivity contribution < 1.29 is 4.74 Å². The molecule has 0 fully saturated rings. The number of likely N-dealkylation sites (N-methyl/N-ethyl adjacent to an activating group) is 1. The van der Waals surface area contributed by atoms with Gasteiger partial charge in [-0.3, -0.25) is 0 Å². The van der Waals surface area contributed by atoms with Gasteiger partial charge in [-0.2, -0.15) is 0 Å². The van der Waals surface area contributed by atoms with Crippen molar-refractivity contribution in [3.05, 3.63) is 65.7 Å². The van der Waals surface area contributed by atoms with E-state index in [1.165, 1.54) is 5.56 Å². The molecule has 3 N–H and O–H groups in total. The second kappa shape index (κ2) is 14.2. The summed E-state index contributed by atoms with van der Waals surface area (Å²) in [6.07, 6.45) is 0.919. The van der Waals surface area contributed by atoms with Gasteiger partial charge in [0, 0.05) is 18.7 Å². The predicted octanol–water partition coefficient (Wildman–Crippen LogP) is 3.67. The number of nitrogens with one attached hydrogen (secondary N) is 1. The molecule has 0 saturated heterocycles. The highest BCUT2D eigenvalue weighted by Crippen LogP contribution is 2.18. The molecule has 6 heteroatoms. The summed E-state index contributed by atoms with van der Waals surface area (Å²) in [6.45, 7) is 9.28. The van der Waals surface area contributed by atoms with E-state index in [1.54, 1.807) is 0 Å². The summed E-state index contributed by atoms with van der Waals surface area (Å²) in [6, 6.07) is 18.4. The molecule has 2 aromatic carbocycles. The molecule has 154 valence electrons. The molecule has 28 heavy (non-hydrogen) atoms. The predicted molar refractivity (Wildman–Crippen MR) is 129 cm³/mol. The zero-order valence-corrected chi connectivity index (χ0v) is 19.3. The maximum absolute atomic E-state index is 6.00. The van der Waals surface area contributed by atoms with Crippen LogP contribution in [0.1, 0.15) is 25.0 Å². The van der Waals surface area contributed by atoms with E-state index in [1.807, 2.05) is 42.5 Å². The highest BCUT2D eigenvalue weighted by atomic mass is 127. The van der Waals surface area contributed by atoms with E-state index < -0.39 is 0 Å². The first-order chi connectivity index (χ1) is 13.2. The summed E-state index contributed by atoms with van der Waals surface area (Å²) in [5.74, 6) is 1.34. The number of guanidine groups is 1. The summed E-state index contributed by atoms with van der Waals surface area (Å²) >= 11 is 0. The molecule has 2 rings (SSSR count). The third-order valence-electron chi connectivity index (χ3n) is 4.51. The molecule has 0 saturated carbocycles. The largest absolute Gasteiger partial charge is 0.492 e. The van der Waals surface area contributed by atoms with Gasteiger partial charge >= 0.3 is 0 Å². The number of benzene rings is 2. The first-order valence-corrected chi connectivity index (χ1v) is 9.73. The lowest BCUT2D eigenvalue weighted by atomic mass is 10.1. The van der Waals surface area contributed by atoms with Crippen molar-refractivity contribution in [2.24, 2.45) is 10.7 Å². The number of hydrogen-bond acceptors (Lipinski definition) is 3. The van der Waals surface area contributed by atoms with E-state index in [0.717, 1.165) is 43.9 Å². The fraction of sp³-hybridized carbons (Fsp3) is 0.409. The second-order valence-corrected chi connectivity index (χ2v) is 6.35. The van der Waals surface area contributed by atoms with Gasteiger partial charge < -0.3 is 20.7 Å². The van der Waals surface area contributed by atoms with Crippen LogP contribution in [0.2, 0.25) is 0 Å². The number of aliphatic imine (C=N–C) groups is 1. The molecular formula is C22H33IN4O. The fourth-order valence-electron chi connectivity index (χ4n) is 2.81. The summed E-state index contributed by atoms with van der Waals surface area (Å²) in [7, 11) is 0. The van der Waals surface area contributed by atoms with Crippen LogP contribution in [-0.2, 0) is 13.0 Å². The minimum absolute atomic E-state index is 0. The average molecular weight is 496 g/mol. The summed E-state index contributed by atoms with van der Waals surface area (Å²) in [5, 5.41) is 3.17. The van der Waals surface area contributed by atoms with E-state index in [0.29, 0.717) is 19.1 Å². The van der Waals surface area contributed by atoms with Crippen molar-refractivity contribution in [2.45, 2.75) is 26.8 Å². The van der Waals surface area contributed by atoms with Crippen molar-refractivity contribution in [2.75, 3.05) is 32.8 Å².